The van der Waals surface area contributed by atoms with Gasteiger partial charge in [-0.15, -0.1) is 0 Å². The minimum atomic E-state index is -3.04. The molecule has 1 unspecified atom stereocenters. The zero-order valence-electron chi connectivity index (χ0n) is 12.6. The molecular weight excluding hydrogens is 276 g/mol. The van der Waals surface area contributed by atoms with E-state index < -0.39 is 10.0 Å². The Morgan fingerprint density at radius 1 is 1.40 bits per heavy atom. The van der Waals surface area contributed by atoms with Gasteiger partial charge in [-0.05, 0) is 26.7 Å². The van der Waals surface area contributed by atoms with Gasteiger partial charge in [0.1, 0.15) is 0 Å². The average molecular weight is 300 g/mol. The minimum absolute atomic E-state index is 0.235. The molecular formula is C13H24N4O2S. The maximum atomic E-state index is 11.5. The highest BCUT2D eigenvalue weighted by molar-refractivity contribution is 7.88. The van der Waals surface area contributed by atoms with Gasteiger partial charge in [0.25, 0.3) is 0 Å². The van der Waals surface area contributed by atoms with Crippen molar-refractivity contribution in [3.05, 3.63) is 17.5 Å². The smallest absolute Gasteiger partial charge is 0.211 e. The zero-order chi connectivity index (χ0) is 14.9. The molecule has 0 saturated carbocycles. The van der Waals surface area contributed by atoms with E-state index in [2.05, 4.69) is 17.3 Å². The number of sulfonamides is 1. The predicted molar refractivity (Wildman–Crippen MR) is 78.9 cm³/mol. The molecule has 6 nitrogen and oxygen atoms in total. The van der Waals surface area contributed by atoms with Crippen LogP contribution in [-0.4, -0.2) is 47.9 Å². The first kappa shape index (κ1) is 15.5. The molecule has 1 fully saturated rings. The summed E-state index contributed by atoms with van der Waals surface area (Å²) in [7, 11) is -1.12. The topological polar surface area (TPSA) is 67.2 Å². The number of aromatic nitrogens is 2. The second-order valence-electron chi connectivity index (χ2n) is 5.67. The molecule has 7 heteroatoms. The van der Waals surface area contributed by atoms with Gasteiger partial charge in [-0.3, -0.25) is 4.68 Å². The SMILES string of the molecule is Cc1nn(C)cc1C(C)NC1CCN(S(C)(=O)=O)CC1. The molecule has 2 heterocycles. The molecule has 114 valence electrons. The van der Waals surface area contributed by atoms with Crippen LogP contribution in [-0.2, 0) is 17.1 Å². The number of aryl methyl sites for hydroxylation is 2. The zero-order valence-corrected chi connectivity index (χ0v) is 13.4. The van der Waals surface area contributed by atoms with Crippen molar-refractivity contribution in [1.29, 1.82) is 0 Å². The van der Waals surface area contributed by atoms with Gasteiger partial charge < -0.3 is 5.32 Å². The fourth-order valence-corrected chi connectivity index (χ4v) is 3.71. The molecule has 1 aromatic rings. The largest absolute Gasteiger partial charge is 0.307 e. The van der Waals surface area contributed by atoms with Crippen LogP contribution in [0.2, 0.25) is 0 Å². The Morgan fingerprint density at radius 2 is 2.00 bits per heavy atom. The Morgan fingerprint density at radius 3 is 2.45 bits per heavy atom. The highest BCUT2D eigenvalue weighted by Gasteiger charge is 2.26. The van der Waals surface area contributed by atoms with Crippen LogP contribution < -0.4 is 5.32 Å². The van der Waals surface area contributed by atoms with Crippen LogP contribution in [0.5, 0.6) is 0 Å². The quantitative estimate of drug-likeness (QED) is 0.893. The molecule has 1 aliphatic heterocycles. The van der Waals surface area contributed by atoms with Crippen LogP contribution >= 0.6 is 0 Å². The number of hydrogen-bond donors (Lipinski definition) is 1. The number of piperidine rings is 1. The summed E-state index contributed by atoms with van der Waals surface area (Å²) in [6.07, 6.45) is 5.04. The molecule has 0 amide bonds. The minimum Gasteiger partial charge on any atom is -0.307 e. The van der Waals surface area contributed by atoms with E-state index >= 15 is 0 Å². The first-order valence-corrected chi connectivity index (χ1v) is 8.83. The van der Waals surface area contributed by atoms with Gasteiger partial charge in [0.05, 0.1) is 11.9 Å². The van der Waals surface area contributed by atoms with Gasteiger partial charge in [0.2, 0.25) is 10.0 Å². The third-order valence-electron chi connectivity index (χ3n) is 3.93. The summed E-state index contributed by atoms with van der Waals surface area (Å²) >= 11 is 0. The lowest BCUT2D eigenvalue weighted by Gasteiger charge is -2.32. The molecule has 20 heavy (non-hydrogen) atoms. The highest BCUT2D eigenvalue weighted by Crippen LogP contribution is 2.20. The third kappa shape index (κ3) is 3.59. The second kappa shape index (κ2) is 5.83. The van der Waals surface area contributed by atoms with Crippen LogP contribution in [0, 0.1) is 6.92 Å². The average Bonchev–Trinajstić information content (AvgIpc) is 2.68. The van der Waals surface area contributed by atoms with E-state index in [-0.39, 0.29) is 6.04 Å². The number of nitrogens with one attached hydrogen (secondary N) is 1. The van der Waals surface area contributed by atoms with Gasteiger partial charge >= 0.3 is 0 Å². The molecule has 0 aromatic carbocycles. The molecule has 0 bridgehead atoms. The first-order chi connectivity index (χ1) is 9.27. The van der Waals surface area contributed by atoms with Crippen molar-refractivity contribution in [2.75, 3.05) is 19.3 Å². The fraction of sp³-hybridized carbons (Fsp3) is 0.769. The Balaban J connectivity index is 1.91. The predicted octanol–water partition coefficient (Wildman–Crippen LogP) is 0.803. The summed E-state index contributed by atoms with van der Waals surface area (Å²) in [6, 6.07) is 0.598. The molecule has 1 N–H and O–H groups in total. The highest BCUT2D eigenvalue weighted by atomic mass is 32.2. The Bertz CT molecular complexity index is 559. The standard InChI is InChI=1S/C13H24N4O2S/c1-10(13-9-16(3)15-11(13)2)14-12-5-7-17(8-6-12)20(4,18)19/h9-10,12,14H,5-8H2,1-4H3. The summed E-state index contributed by atoms with van der Waals surface area (Å²) in [5, 5.41) is 7.95. The lowest BCUT2D eigenvalue weighted by Crippen LogP contribution is -2.45. The summed E-state index contributed by atoms with van der Waals surface area (Å²) in [4.78, 5) is 0. The maximum absolute atomic E-state index is 11.5. The first-order valence-electron chi connectivity index (χ1n) is 6.98. The monoisotopic (exact) mass is 300 g/mol. The van der Waals surface area contributed by atoms with E-state index in [0.717, 1.165) is 18.5 Å². The molecule has 0 aliphatic carbocycles. The van der Waals surface area contributed by atoms with Crippen molar-refractivity contribution in [3.8, 4) is 0 Å². The summed E-state index contributed by atoms with van der Waals surface area (Å²) < 4.78 is 26.3. The van der Waals surface area contributed by atoms with Crippen molar-refractivity contribution in [2.24, 2.45) is 7.05 Å². The van der Waals surface area contributed by atoms with Gasteiger partial charge in [0.15, 0.2) is 0 Å². The van der Waals surface area contributed by atoms with Crippen molar-refractivity contribution < 1.29 is 8.42 Å². The summed E-state index contributed by atoms with van der Waals surface area (Å²) in [5.74, 6) is 0. The molecule has 0 spiro atoms. The lowest BCUT2D eigenvalue weighted by atomic mass is 10.0. The number of rotatable bonds is 4. The van der Waals surface area contributed by atoms with Crippen molar-refractivity contribution in [2.45, 2.75) is 38.8 Å². The van der Waals surface area contributed by atoms with Gasteiger partial charge in [-0.1, -0.05) is 0 Å². The molecule has 2 rings (SSSR count). The molecule has 0 radical (unpaired) electrons. The van der Waals surface area contributed by atoms with E-state index in [9.17, 15) is 8.42 Å². The maximum Gasteiger partial charge on any atom is 0.211 e. The molecule has 1 aliphatic rings. The van der Waals surface area contributed by atoms with E-state index in [0.29, 0.717) is 19.1 Å². The normalized spacial score (nSPS) is 20.2. The molecule has 1 saturated heterocycles. The Labute approximate surface area is 121 Å². The van der Waals surface area contributed by atoms with Gasteiger partial charge in [0, 0.05) is 44.0 Å². The van der Waals surface area contributed by atoms with E-state index in [1.807, 2.05) is 24.9 Å². The summed E-state index contributed by atoms with van der Waals surface area (Å²) in [5.41, 5.74) is 2.25. The van der Waals surface area contributed by atoms with E-state index in [1.54, 1.807) is 4.31 Å². The van der Waals surface area contributed by atoms with Crippen LogP contribution in [0.3, 0.4) is 0 Å². The van der Waals surface area contributed by atoms with Crippen molar-refractivity contribution >= 4 is 10.0 Å². The number of hydrogen-bond acceptors (Lipinski definition) is 4. The Hall–Kier alpha value is -0.920. The summed E-state index contributed by atoms with van der Waals surface area (Å²) in [6.45, 7) is 5.36. The van der Waals surface area contributed by atoms with E-state index in [1.165, 1.54) is 11.8 Å². The second-order valence-corrected chi connectivity index (χ2v) is 7.65. The molecule has 1 atom stereocenters. The van der Waals surface area contributed by atoms with Crippen LogP contribution in [0.4, 0.5) is 0 Å². The third-order valence-corrected chi connectivity index (χ3v) is 5.23. The van der Waals surface area contributed by atoms with Gasteiger partial charge in [-0.25, -0.2) is 12.7 Å². The van der Waals surface area contributed by atoms with Crippen molar-refractivity contribution in [1.82, 2.24) is 19.4 Å². The van der Waals surface area contributed by atoms with E-state index in [4.69, 9.17) is 0 Å². The van der Waals surface area contributed by atoms with Gasteiger partial charge in [-0.2, -0.15) is 5.10 Å². The fourth-order valence-electron chi connectivity index (χ4n) is 2.84. The Kier molecular flexibility index (Phi) is 4.51. The van der Waals surface area contributed by atoms with Crippen LogP contribution in [0.25, 0.3) is 0 Å². The van der Waals surface area contributed by atoms with Crippen LogP contribution in [0.1, 0.15) is 37.1 Å². The molecule has 1 aromatic heterocycles. The van der Waals surface area contributed by atoms with Crippen LogP contribution in [0.15, 0.2) is 6.20 Å². The number of nitrogens with zero attached hydrogens (tertiary/aromatic N) is 3. The lowest BCUT2D eigenvalue weighted by molar-refractivity contribution is 0.278. The van der Waals surface area contributed by atoms with Crippen molar-refractivity contribution in [3.63, 3.8) is 0 Å².